The number of ether oxygens (including phenoxy) is 1. The number of anilines is 2. The fraction of sp³-hybridized carbons (Fsp3) is 0.316. The lowest BCUT2D eigenvalue weighted by Crippen LogP contribution is -2.45. The topological polar surface area (TPSA) is 75.7 Å². The molecular formula is C19H24N2O4S. The molecule has 1 unspecified atom stereocenters. The number of benzene rings is 2. The van der Waals surface area contributed by atoms with Crippen molar-refractivity contribution in [2.45, 2.75) is 26.8 Å². The number of carbonyl (C=O) groups excluding carboxylic acids is 1. The summed E-state index contributed by atoms with van der Waals surface area (Å²) >= 11 is 0. The van der Waals surface area contributed by atoms with E-state index in [9.17, 15) is 13.2 Å². The van der Waals surface area contributed by atoms with E-state index in [1.807, 2.05) is 26.0 Å². The van der Waals surface area contributed by atoms with Gasteiger partial charge in [0, 0.05) is 5.69 Å². The van der Waals surface area contributed by atoms with Crippen LogP contribution < -0.4 is 14.4 Å². The molecule has 0 aliphatic heterocycles. The first-order chi connectivity index (χ1) is 12.1. The Morgan fingerprint density at radius 3 is 2.27 bits per heavy atom. The molecular weight excluding hydrogens is 352 g/mol. The van der Waals surface area contributed by atoms with Gasteiger partial charge in [0.1, 0.15) is 11.8 Å². The molecule has 0 saturated carbocycles. The van der Waals surface area contributed by atoms with Crippen LogP contribution in [0.1, 0.15) is 18.1 Å². The Bertz CT molecular complexity index is 892. The van der Waals surface area contributed by atoms with Gasteiger partial charge in [-0.1, -0.05) is 12.1 Å². The molecule has 0 saturated heterocycles. The van der Waals surface area contributed by atoms with Crippen LogP contribution in [0.4, 0.5) is 11.4 Å². The summed E-state index contributed by atoms with van der Waals surface area (Å²) in [6.07, 6.45) is 1.08. The maximum absolute atomic E-state index is 12.7. The van der Waals surface area contributed by atoms with Crippen LogP contribution in [-0.4, -0.2) is 33.7 Å². The summed E-state index contributed by atoms with van der Waals surface area (Å²) in [4.78, 5) is 12.7. The molecule has 0 spiro atoms. The molecule has 1 atom stereocenters. The quantitative estimate of drug-likeness (QED) is 0.840. The van der Waals surface area contributed by atoms with Crippen LogP contribution >= 0.6 is 0 Å². The largest absolute Gasteiger partial charge is 0.497 e. The molecule has 2 rings (SSSR count). The zero-order valence-corrected chi connectivity index (χ0v) is 16.4. The Hall–Kier alpha value is -2.54. The van der Waals surface area contributed by atoms with Crippen LogP contribution in [0.5, 0.6) is 5.75 Å². The first-order valence-corrected chi connectivity index (χ1v) is 10.0. The summed E-state index contributed by atoms with van der Waals surface area (Å²) in [5, 5.41) is 2.83. The Kier molecular flexibility index (Phi) is 5.92. The van der Waals surface area contributed by atoms with E-state index in [4.69, 9.17) is 4.74 Å². The zero-order valence-electron chi connectivity index (χ0n) is 15.6. The van der Waals surface area contributed by atoms with E-state index >= 15 is 0 Å². The monoisotopic (exact) mass is 376 g/mol. The number of aryl methyl sites for hydroxylation is 1. The van der Waals surface area contributed by atoms with Crippen LogP contribution in [0, 0.1) is 13.8 Å². The standard InChI is InChI=1S/C19H24N2O4S/c1-13-7-6-8-18(14(13)2)20-19(22)15(3)21(26(5,23)24)16-9-11-17(25-4)12-10-16/h6-12,15H,1-5H3,(H,20,22). The maximum Gasteiger partial charge on any atom is 0.248 e. The molecule has 0 aromatic heterocycles. The fourth-order valence-electron chi connectivity index (χ4n) is 2.66. The minimum Gasteiger partial charge on any atom is -0.497 e. The van der Waals surface area contributed by atoms with Crippen LogP contribution in [0.3, 0.4) is 0 Å². The third kappa shape index (κ3) is 4.35. The average Bonchev–Trinajstić information content (AvgIpc) is 2.58. The highest BCUT2D eigenvalue weighted by molar-refractivity contribution is 7.92. The lowest BCUT2D eigenvalue weighted by Gasteiger charge is -2.28. The van der Waals surface area contributed by atoms with Gasteiger partial charge in [0.2, 0.25) is 15.9 Å². The van der Waals surface area contributed by atoms with Crippen molar-refractivity contribution < 1.29 is 17.9 Å². The molecule has 0 heterocycles. The van der Waals surface area contributed by atoms with Crippen molar-refractivity contribution in [1.82, 2.24) is 0 Å². The number of carbonyl (C=O) groups is 1. The maximum atomic E-state index is 12.7. The summed E-state index contributed by atoms with van der Waals surface area (Å²) in [5.41, 5.74) is 3.07. The van der Waals surface area contributed by atoms with Gasteiger partial charge in [-0.25, -0.2) is 8.42 Å². The minimum absolute atomic E-state index is 0.400. The van der Waals surface area contributed by atoms with Gasteiger partial charge in [-0.15, -0.1) is 0 Å². The summed E-state index contributed by atoms with van der Waals surface area (Å²) in [5.74, 6) is 0.203. The lowest BCUT2D eigenvalue weighted by atomic mass is 10.1. The van der Waals surface area contributed by atoms with Crippen molar-refractivity contribution in [2.24, 2.45) is 0 Å². The van der Waals surface area contributed by atoms with Gasteiger partial charge < -0.3 is 10.1 Å². The second kappa shape index (κ2) is 7.78. The molecule has 0 aliphatic carbocycles. The Morgan fingerprint density at radius 2 is 1.73 bits per heavy atom. The predicted octanol–water partition coefficient (Wildman–Crippen LogP) is 3.11. The molecule has 1 amide bonds. The van der Waals surface area contributed by atoms with E-state index in [0.29, 0.717) is 17.1 Å². The van der Waals surface area contributed by atoms with Gasteiger partial charge in [-0.05, 0) is 62.2 Å². The van der Waals surface area contributed by atoms with Gasteiger partial charge >= 0.3 is 0 Å². The van der Waals surface area contributed by atoms with E-state index in [1.54, 1.807) is 37.3 Å². The molecule has 0 fully saturated rings. The molecule has 140 valence electrons. The smallest absolute Gasteiger partial charge is 0.248 e. The Morgan fingerprint density at radius 1 is 1.12 bits per heavy atom. The molecule has 2 aromatic carbocycles. The highest BCUT2D eigenvalue weighted by Crippen LogP contribution is 2.25. The highest BCUT2D eigenvalue weighted by atomic mass is 32.2. The summed E-state index contributed by atoms with van der Waals surface area (Å²) < 4.78 is 30.8. The second-order valence-electron chi connectivity index (χ2n) is 6.17. The van der Waals surface area contributed by atoms with E-state index < -0.39 is 22.0 Å². The van der Waals surface area contributed by atoms with Crippen LogP contribution in [0.15, 0.2) is 42.5 Å². The molecule has 26 heavy (non-hydrogen) atoms. The molecule has 0 bridgehead atoms. The zero-order chi connectivity index (χ0) is 19.5. The summed E-state index contributed by atoms with van der Waals surface area (Å²) in [6, 6.07) is 11.2. The van der Waals surface area contributed by atoms with Crippen molar-refractivity contribution in [3.8, 4) is 5.75 Å². The number of hydrogen-bond donors (Lipinski definition) is 1. The molecule has 2 aromatic rings. The minimum atomic E-state index is -3.66. The first kappa shape index (κ1) is 19.8. The van der Waals surface area contributed by atoms with E-state index in [0.717, 1.165) is 21.7 Å². The number of amides is 1. The van der Waals surface area contributed by atoms with E-state index in [2.05, 4.69) is 5.32 Å². The number of hydrogen-bond acceptors (Lipinski definition) is 4. The third-order valence-corrected chi connectivity index (χ3v) is 5.52. The Labute approximate surface area is 154 Å². The second-order valence-corrected chi connectivity index (χ2v) is 8.03. The highest BCUT2D eigenvalue weighted by Gasteiger charge is 2.29. The Balaban J connectivity index is 2.32. The molecule has 7 heteroatoms. The van der Waals surface area contributed by atoms with Gasteiger partial charge in [0.25, 0.3) is 0 Å². The van der Waals surface area contributed by atoms with Crippen LogP contribution in [-0.2, 0) is 14.8 Å². The fourth-order valence-corrected chi connectivity index (χ4v) is 3.84. The van der Waals surface area contributed by atoms with Crippen molar-refractivity contribution in [3.63, 3.8) is 0 Å². The number of nitrogens with one attached hydrogen (secondary N) is 1. The molecule has 1 N–H and O–H groups in total. The van der Waals surface area contributed by atoms with Crippen LogP contribution in [0.2, 0.25) is 0 Å². The first-order valence-electron chi connectivity index (χ1n) is 8.15. The predicted molar refractivity (Wildman–Crippen MR) is 104 cm³/mol. The molecule has 0 radical (unpaired) electrons. The van der Waals surface area contributed by atoms with Gasteiger partial charge in [-0.3, -0.25) is 9.10 Å². The summed E-state index contributed by atoms with van der Waals surface area (Å²) in [7, 11) is -2.13. The van der Waals surface area contributed by atoms with E-state index in [-0.39, 0.29) is 0 Å². The normalized spacial score (nSPS) is 12.3. The van der Waals surface area contributed by atoms with E-state index in [1.165, 1.54) is 7.11 Å². The number of sulfonamides is 1. The van der Waals surface area contributed by atoms with Crippen LogP contribution in [0.25, 0.3) is 0 Å². The number of rotatable bonds is 6. The third-order valence-electron chi connectivity index (χ3n) is 4.28. The average molecular weight is 376 g/mol. The van der Waals surface area contributed by atoms with Crippen molar-refractivity contribution in [2.75, 3.05) is 23.0 Å². The number of methoxy groups -OCH3 is 1. The van der Waals surface area contributed by atoms with Crippen molar-refractivity contribution in [3.05, 3.63) is 53.6 Å². The molecule has 6 nitrogen and oxygen atoms in total. The van der Waals surface area contributed by atoms with Gasteiger partial charge in [0.05, 0.1) is 19.1 Å². The van der Waals surface area contributed by atoms with Crippen molar-refractivity contribution in [1.29, 1.82) is 0 Å². The molecule has 0 aliphatic rings. The van der Waals surface area contributed by atoms with Gasteiger partial charge in [-0.2, -0.15) is 0 Å². The van der Waals surface area contributed by atoms with Crippen molar-refractivity contribution >= 4 is 27.3 Å². The SMILES string of the molecule is COc1ccc(N(C(C)C(=O)Nc2cccc(C)c2C)S(C)(=O)=O)cc1. The van der Waals surface area contributed by atoms with Gasteiger partial charge in [0.15, 0.2) is 0 Å². The summed E-state index contributed by atoms with van der Waals surface area (Å²) in [6.45, 7) is 5.42. The number of nitrogens with zero attached hydrogens (tertiary/aromatic N) is 1. The lowest BCUT2D eigenvalue weighted by molar-refractivity contribution is -0.116.